The van der Waals surface area contributed by atoms with Crippen LogP contribution in [0, 0.1) is 11.3 Å². The van der Waals surface area contributed by atoms with Crippen LogP contribution in [0.25, 0.3) is 0 Å². The summed E-state index contributed by atoms with van der Waals surface area (Å²) in [6.07, 6.45) is 5.20. The van der Waals surface area contributed by atoms with Gasteiger partial charge in [0.05, 0.1) is 12.5 Å². The van der Waals surface area contributed by atoms with Gasteiger partial charge in [0.2, 0.25) is 0 Å². The fraction of sp³-hybridized carbons (Fsp3) is 0.708. The molecule has 28 heavy (non-hydrogen) atoms. The zero-order valence-corrected chi connectivity index (χ0v) is 18.3. The van der Waals surface area contributed by atoms with Gasteiger partial charge in [-0.25, -0.2) is 0 Å². The van der Waals surface area contributed by atoms with E-state index in [0.717, 1.165) is 57.5 Å². The summed E-state index contributed by atoms with van der Waals surface area (Å²) in [7, 11) is 1.72. The number of hydrogen-bond donors (Lipinski definition) is 0. The molecule has 0 aliphatic heterocycles. The Labute approximate surface area is 170 Å². The Morgan fingerprint density at radius 1 is 1.21 bits per heavy atom. The summed E-state index contributed by atoms with van der Waals surface area (Å²) < 4.78 is 11.3. The number of esters is 1. The van der Waals surface area contributed by atoms with Gasteiger partial charge in [0.25, 0.3) is 0 Å². The lowest BCUT2D eigenvalue weighted by atomic mass is 9.50. The first-order valence-electron chi connectivity index (χ1n) is 11.0. The van der Waals surface area contributed by atoms with Gasteiger partial charge in [-0.15, -0.1) is 0 Å². The average Bonchev–Trinajstić information content (AvgIpc) is 2.70. The number of methoxy groups -OCH3 is 1. The zero-order chi connectivity index (χ0) is 20.4. The van der Waals surface area contributed by atoms with Gasteiger partial charge in [0, 0.05) is 6.54 Å². The summed E-state index contributed by atoms with van der Waals surface area (Å²) >= 11 is 0. The standard InChI is InChI=1S/C24H37NO3/c1-6-25(7-2)15-16-28-22(26)24(4)14-8-13-23(3)20-17-19(27-5)11-9-18(20)10-12-21(23)24/h9,11,17,21H,6-8,10,12-16H2,1-5H3/t21?,23-,24-/m1/s1. The number of hydrogen-bond acceptors (Lipinski definition) is 4. The lowest BCUT2D eigenvalue weighted by Gasteiger charge is -2.54. The second-order valence-corrected chi connectivity index (χ2v) is 8.97. The van der Waals surface area contributed by atoms with E-state index >= 15 is 0 Å². The molecule has 1 aromatic carbocycles. The van der Waals surface area contributed by atoms with E-state index in [1.165, 1.54) is 11.1 Å². The molecule has 1 fully saturated rings. The molecule has 3 rings (SSSR count). The van der Waals surface area contributed by atoms with Gasteiger partial charge >= 0.3 is 5.97 Å². The number of nitrogens with zero attached hydrogens (tertiary/aromatic N) is 1. The van der Waals surface area contributed by atoms with Crippen LogP contribution in [0.4, 0.5) is 0 Å². The average molecular weight is 388 g/mol. The van der Waals surface area contributed by atoms with Crippen molar-refractivity contribution in [3.8, 4) is 5.75 Å². The predicted octanol–water partition coefficient (Wildman–Crippen LogP) is 4.59. The van der Waals surface area contributed by atoms with Crippen molar-refractivity contribution in [1.82, 2.24) is 4.90 Å². The van der Waals surface area contributed by atoms with Gasteiger partial charge in [-0.05, 0) is 80.3 Å². The summed E-state index contributed by atoms with van der Waals surface area (Å²) in [4.78, 5) is 15.5. The molecular formula is C24H37NO3. The van der Waals surface area contributed by atoms with Crippen molar-refractivity contribution in [3.63, 3.8) is 0 Å². The second-order valence-electron chi connectivity index (χ2n) is 8.97. The highest BCUT2D eigenvalue weighted by atomic mass is 16.5. The maximum Gasteiger partial charge on any atom is 0.312 e. The number of likely N-dealkylation sites (N-methyl/N-ethyl adjacent to an activating group) is 1. The fourth-order valence-electron chi connectivity index (χ4n) is 5.78. The summed E-state index contributed by atoms with van der Waals surface area (Å²) in [6, 6.07) is 6.48. The highest BCUT2D eigenvalue weighted by Gasteiger charge is 2.55. The molecule has 4 nitrogen and oxygen atoms in total. The zero-order valence-electron chi connectivity index (χ0n) is 18.3. The van der Waals surface area contributed by atoms with E-state index in [9.17, 15) is 4.79 Å². The van der Waals surface area contributed by atoms with Crippen LogP contribution in [-0.2, 0) is 21.4 Å². The van der Waals surface area contributed by atoms with E-state index in [1.54, 1.807) is 7.11 Å². The van der Waals surface area contributed by atoms with Gasteiger partial charge in [-0.3, -0.25) is 4.79 Å². The Morgan fingerprint density at radius 3 is 2.64 bits per heavy atom. The van der Waals surface area contributed by atoms with Crippen LogP contribution in [-0.4, -0.2) is 44.2 Å². The van der Waals surface area contributed by atoms with Gasteiger partial charge in [-0.2, -0.15) is 0 Å². The lowest BCUT2D eigenvalue weighted by molar-refractivity contribution is -0.165. The monoisotopic (exact) mass is 387 g/mol. The molecule has 156 valence electrons. The number of ether oxygens (including phenoxy) is 2. The summed E-state index contributed by atoms with van der Waals surface area (Å²) in [5.74, 6) is 1.23. The molecule has 0 bridgehead atoms. The summed E-state index contributed by atoms with van der Waals surface area (Å²) in [6.45, 7) is 12.1. The number of carbonyl (C=O) groups is 1. The van der Waals surface area contributed by atoms with Crippen LogP contribution in [0.2, 0.25) is 0 Å². The van der Waals surface area contributed by atoms with Gasteiger partial charge in [0.1, 0.15) is 12.4 Å². The maximum atomic E-state index is 13.2. The molecule has 1 aromatic rings. The number of benzene rings is 1. The van der Waals surface area contributed by atoms with E-state index in [2.05, 4.69) is 50.8 Å². The first kappa shape index (κ1) is 21.2. The van der Waals surface area contributed by atoms with Crippen molar-refractivity contribution in [3.05, 3.63) is 29.3 Å². The highest BCUT2D eigenvalue weighted by Crippen LogP contribution is 2.58. The van der Waals surface area contributed by atoms with E-state index < -0.39 is 5.41 Å². The van der Waals surface area contributed by atoms with Crippen molar-refractivity contribution < 1.29 is 14.3 Å². The number of fused-ring (bicyclic) bond motifs is 3. The molecule has 1 unspecified atom stereocenters. The third-order valence-corrected chi connectivity index (χ3v) is 7.57. The molecule has 3 atom stereocenters. The molecule has 0 N–H and O–H groups in total. The minimum Gasteiger partial charge on any atom is -0.497 e. The SMILES string of the molecule is CCN(CC)CCOC(=O)[C@]1(C)CCC[C@]2(C)c3cc(OC)ccc3CCC12. The third kappa shape index (κ3) is 3.68. The lowest BCUT2D eigenvalue weighted by Crippen LogP contribution is -2.53. The molecule has 0 aromatic heterocycles. The Balaban J connectivity index is 1.81. The fourth-order valence-corrected chi connectivity index (χ4v) is 5.78. The molecule has 2 aliphatic carbocycles. The van der Waals surface area contributed by atoms with E-state index in [4.69, 9.17) is 9.47 Å². The molecule has 1 saturated carbocycles. The topological polar surface area (TPSA) is 38.8 Å². The summed E-state index contributed by atoms with van der Waals surface area (Å²) in [5, 5.41) is 0. The number of rotatable bonds is 7. The van der Waals surface area contributed by atoms with Crippen molar-refractivity contribution >= 4 is 5.97 Å². The molecule has 4 heteroatoms. The Hall–Kier alpha value is -1.55. The van der Waals surface area contributed by atoms with E-state index in [-0.39, 0.29) is 11.4 Å². The van der Waals surface area contributed by atoms with Crippen molar-refractivity contribution in [1.29, 1.82) is 0 Å². The molecule has 0 saturated heterocycles. The van der Waals surface area contributed by atoms with Crippen LogP contribution >= 0.6 is 0 Å². The highest BCUT2D eigenvalue weighted by molar-refractivity contribution is 5.77. The Bertz CT molecular complexity index is 699. The minimum atomic E-state index is -0.406. The van der Waals surface area contributed by atoms with Crippen LogP contribution in [0.5, 0.6) is 5.75 Å². The maximum absolute atomic E-state index is 13.2. The van der Waals surface area contributed by atoms with Gasteiger partial charge in [0.15, 0.2) is 0 Å². The normalized spacial score (nSPS) is 29.1. The molecule has 0 spiro atoms. The molecular weight excluding hydrogens is 350 g/mol. The molecule has 0 amide bonds. The number of aryl methyl sites for hydroxylation is 1. The van der Waals surface area contributed by atoms with Crippen LogP contribution < -0.4 is 4.74 Å². The van der Waals surface area contributed by atoms with Gasteiger partial charge < -0.3 is 14.4 Å². The van der Waals surface area contributed by atoms with Crippen molar-refractivity contribution in [2.75, 3.05) is 33.4 Å². The minimum absolute atomic E-state index is 0.00178. The van der Waals surface area contributed by atoms with Crippen LogP contribution in [0.1, 0.15) is 64.5 Å². The van der Waals surface area contributed by atoms with E-state index in [0.29, 0.717) is 12.5 Å². The first-order chi connectivity index (χ1) is 13.4. The summed E-state index contributed by atoms with van der Waals surface area (Å²) in [5.41, 5.74) is 2.40. The molecule has 0 radical (unpaired) electrons. The van der Waals surface area contributed by atoms with Crippen LogP contribution in [0.15, 0.2) is 18.2 Å². The van der Waals surface area contributed by atoms with Crippen LogP contribution in [0.3, 0.4) is 0 Å². The van der Waals surface area contributed by atoms with Crippen molar-refractivity contribution in [2.24, 2.45) is 11.3 Å². The largest absolute Gasteiger partial charge is 0.497 e. The Morgan fingerprint density at radius 2 is 1.96 bits per heavy atom. The predicted molar refractivity (Wildman–Crippen MR) is 113 cm³/mol. The van der Waals surface area contributed by atoms with E-state index in [1.807, 2.05) is 0 Å². The van der Waals surface area contributed by atoms with Gasteiger partial charge in [-0.1, -0.05) is 33.3 Å². The number of carbonyl (C=O) groups excluding carboxylic acids is 1. The smallest absolute Gasteiger partial charge is 0.312 e. The first-order valence-corrected chi connectivity index (χ1v) is 11.0. The quantitative estimate of drug-likeness (QED) is 0.642. The second kappa shape index (κ2) is 8.44. The molecule has 2 aliphatic rings. The Kier molecular flexibility index (Phi) is 6.38. The molecule has 0 heterocycles. The van der Waals surface area contributed by atoms with Crippen molar-refractivity contribution in [2.45, 2.75) is 65.2 Å². The third-order valence-electron chi connectivity index (χ3n) is 7.57.